The van der Waals surface area contributed by atoms with Crippen LogP contribution in [-0.4, -0.2) is 5.38 Å². The molecule has 0 aromatic rings. The first-order chi connectivity index (χ1) is 3.79. The molecule has 1 aliphatic rings. The molecule has 0 N–H and O–H groups in total. The number of halogens is 2. The van der Waals surface area contributed by atoms with Gasteiger partial charge in [0.05, 0.1) is 0 Å². The van der Waals surface area contributed by atoms with Gasteiger partial charge in [0, 0.05) is 5.38 Å². The third-order valence-corrected chi connectivity index (χ3v) is 2.67. The van der Waals surface area contributed by atoms with Crippen LogP contribution in [-0.2, 0) is 0 Å². The maximum atomic E-state index is 5.83. The Balaban J connectivity index is 2.42. The Bertz CT molecular complexity index is 109. The molecular weight excluding hydrogens is 234 g/mol. The average molecular weight is 242 g/mol. The van der Waals surface area contributed by atoms with Gasteiger partial charge in [0.2, 0.25) is 0 Å². The molecule has 1 unspecified atom stereocenters. The molecule has 8 heavy (non-hydrogen) atoms. The second-order valence-electron chi connectivity index (χ2n) is 2.02. The van der Waals surface area contributed by atoms with E-state index in [9.17, 15) is 0 Å². The highest BCUT2D eigenvalue weighted by Gasteiger charge is 2.08. The molecule has 1 rings (SSSR count). The van der Waals surface area contributed by atoms with Gasteiger partial charge in [-0.1, -0.05) is 6.08 Å². The van der Waals surface area contributed by atoms with E-state index in [-0.39, 0.29) is 0 Å². The fourth-order valence-corrected chi connectivity index (χ4v) is 1.53. The Morgan fingerprint density at radius 3 is 2.88 bits per heavy atom. The zero-order chi connectivity index (χ0) is 5.98. The van der Waals surface area contributed by atoms with Crippen LogP contribution in [0.15, 0.2) is 9.66 Å². The van der Waals surface area contributed by atoms with Crippen LogP contribution in [0.2, 0.25) is 0 Å². The van der Waals surface area contributed by atoms with E-state index in [0.717, 1.165) is 12.8 Å². The average Bonchev–Trinajstić information content (AvgIpc) is 1.77. The molecule has 2 heteroatoms. The zero-order valence-electron chi connectivity index (χ0n) is 4.53. The van der Waals surface area contributed by atoms with Crippen molar-refractivity contribution >= 4 is 34.2 Å². The van der Waals surface area contributed by atoms with Crippen LogP contribution in [0.1, 0.15) is 19.3 Å². The third-order valence-electron chi connectivity index (χ3n) is 1.29. The standard InChI is InChI=1S/C6H8ClI/c7-5-1-3-6(8)4-2-5/h3,5H,1-2,4H2. The minimum absolute atomic E-state index is 0.411. The molecule has 0 fully saturated rings. The van der Waals surface area contributed by atoms with Gasteiger partial charge in [-0.3, -0.25) is 0 Å². The fraction of sp³-hybridized carbons (Fsp3) is 0.667. The zero-order valence-corrected chi connectivity index (χ0v) is 7.45. The largest absolute Gasteiger partial charge is 0.123 e. The summed E-state index contributed by atoms with van der Waals surface area (Å²) >= 11 is 8.20. The summed E-state index contributed by atoms with van der Waals surface area (Å²) in [6, 6.07) is 0. The Hall–Kier alpha value is 0.760. The van der Waals surface area contributed by atoms with Crippen LogP contribution in [0, 0.1) is 0 Å². The fourth-order valence-electron chi connectivity index (χ4n) is 0.770. The predicted molar refractivity (Wildman–Crippen MR) is 45.6 cm³/mol. The van der Waals surface area contributed by atoms with Crippen molar-refractivity contribution in [3.63, 3.8) is 0 Å². The lowest BCUT2D eigenvalue weighted by molar-refractivity contribution is 0.736. The third kappa shape index (κ3) is 1.94. The van der Waals surface area contributed by atoms with Gasteiger partial charge in [-0.15, -0.1) is 11.6 Å². The molecule has 0 aliphatic heterocycles. The summed E-state index contributed by atoms with van der Waals surface area (Å²) in [6.45, 7) is 0. The summed E-state index contributed by atoms with van der Waals surface area (Å²) in [4.78, 5) is 0. The Morgan fingerprint density at radius 2 is 2.50 bits per heavy atom. The van der Waals surface area contributed by atoms with Gasteiger partial charge >= 0.3 is 0 Å². The topological polar surface area (TPSA) is 0 Å². The van der Waals surface area contributed by atoms with Crippen molar-refractivity contribution < 1.29 is 0 Å². The first-order valence-electron chi connectivity index (χ1n) is 2.77. The lowest BCUT2D eigenvalue weighted by Crippen LogP contribution is -2.00. The minimum atomic E-state index is 0.411. The Kier molecular flexibility index (Phi) is 2.63. The molecule has 0 saturated heterocycles. The summed E-state index contributed by atoms with van der Waals surface area (Å²) in [7, 11) is 0. The maximum Gasteiger partial charge on any atom is 0.0374 e. The molecule has 0 amide bonds. The first-order valence-corrected chi connectivity index (χ1v) is 4.29. The first kappa shape index (κ1) is 6.87. The molecule has 1 atom stereocenters. The van der Waals surface area contributed by atoms with Crippen LogP contribution in [0.5, 0.6) is 0 Å². The molecule has 0 aromatic heterocycles. The van der Waals surface area contributed by atoms with Crippen molar-refractivity contribution in [2.45, 2.75) is 24.6 Å². The smallest absolute Gasteiger partial charge is 0.0374 e. The number of hydrogen-bond donors (Lipinski definition) is 0. The normalized spacial score (nSPS) is 29.8. The minimum Gasteiger partial charge on any atom is -0.123 e. The van der Waals surface area contributed by atoms with Crippen LogP contribution in [0.25, 0.3) is 0 Å². The number of allylic oxidation sites excluding steroid dienone is 2. The van der Waals surface area contributed by atoms with Crippen molar-refractivity contribution in [2.24, 2.45) is 0 Å². The van der Waals surface area contributed by atoms with Gasteiger partial charge in [-0.05, 0) is 45.4 Å². The summed E-state index contributed by atoms with van der Waals surface area (Å²) in [5, 5.41) is 0.411. The highest BCUT2D eigenvalue weighted by molar-refractivity contribution is 14.1. The SMILES string of the molecule is ClC1CC=C(I)CC1. The van der Waals surface area contributed by atoms with Gasteiger partial charge in [0.1, 0.15) is 0 Å². The Labute approximate surface area is 68.4 Å². The molecule has 0 saturated carbocycles. The number of hydrogen-bond acceptors (Lipinski definition) is 0. The van der Waals surface area contributed by atoms with Crippen molar-refractivity contribution in [2.75, 3.05) is 0 Å². The number of alkyl halides is 1. The van der Waals surface area contributed by atoms with Gasteiger partial charge < -0.3 is 0 Å². The molecular formula is C6H8ClI. The van der Waals surface area contributed by atoms with Crippen molar-refractivity contribution in [1.82, 2.24) is 0 Å². The molecule has 0 bridgehead atoms. The van der Waals surface area contributed by atoms with Gasteiger partial charge in [-0.2, -0.15) is 0 Å². The van der Waals surface area contributed by atoms with Crippen LogP contribution < -0.4 is 0 Å². The van der Waals surface area contributed by atoms with E-state index in [1.807, 2.05) is 0 Å². The van der Waals surface area contributed by atoms with E-state index in [2.05, 4.69) is 28.7 Å². The van der Waals surface area contributed by atoms with Crippen molar-refractivity contribution in [3.05, 3.63) is 9.66 Å². The Morgan fingerprint density at radius 1 is 1.75 bits per heavy atom. The molecule has 0 spiro atoms. The van der Waals surface area contributed by atoms with Gasteiger partial charge in [0.15, 0.2) is 0 Å². The van der Waals surface area contributed by atoms with E-state index in [1.165, 1.54) is 10.0 Å². The quantitative estimate of drug-likeness (QED) is 0.452. The van der Waals surface area contributed by atoms with Crippen LogP contribution in [0.3, 0.4) is 0 Å². The lowest BCUT2D eigenvalue weighted by atomic mass is 10.1. The van der Waals surface area contributed by atoms with E-state index < -0.39 is 0 Å². The molecule has 46 valence electrons. The highest BCUT2D eigenvalue weighted by atomic mass is 127. The summed E-state index contributed by atoms with van der Waals surface area (Å²) in [5.41, 5.74) is 0. The second kappa shape index (κ2) is 3.06. The molecule has 0 radical (unpaired) electrons. The summed E-state index contributed by atoms with van der Waals surface area (Å²) in [6.07, 6.45) is 5.65. The van der Waals surface area contributed by atoms with E-state index in [0.29, 0.717) is 5.38 Å². The molecule has 0 nitrogen and oxygen atoms in total. The van der Waals surface area contributed by atoms with Crippen molar-refractivity contribution in [1.29, 1.82) is 0 Å². The predicted octanol–water partition coefficient (Wildman–Crippen LogP) is 3.10. The summed E-state index contributed by atoms with van der Waals surface area (Å²) < 4.78 is 1.47. The van der Waals surface area contributed by atoms with Crippen LogP contribution in [0.4, 0.5) is 0 Å². The van der Waals surface area contributed by atoms with E-state index in [4.69, 9.17) is 11.6 Å². The van der Waals surface area contributed by atoms with Crippen molar-refractivity contribution in [3.8, 4) is 0 Å². The second-order valence-corrected chi connectivity index (χ2v) is 4.03. The van der Waals surface area contributed by atoms with E-state index >= 15 is 0 Å². The van der Waals surface area contributed by atoms with Gasteiger partial charge in [0.25, 0.3) is 0 Å². The van der Waals surface area contributed by atoms with E-state index in [1.54, 1.807) is 0 Å². The lowest BCUT2D eigenvalue weighted by Gasteiger charge is -2.11. The number of rotatable bonds is 0. The highest BCUT2D eigenvalue weighted by Crippen LogP contribution is 2.25. The van der Waals surface area contributed by atoms with Crippen LogP contribution >= 0.6 is 34.2 Å². The van der Waals surface area contributed by atoms with Gasteiger partial charge in [-0.25, -0.2) is 0 Å². The molecule has 0 aromatic carbocycles. The monoisotopic (exact) mass is 242 g/mol. The summed E-state index contributed by atoms with van der Waals surface area (Å²) in [5.74, 6) is 0. The maximum absolute atomic E-state index is 5.83. The molecule has 1 aliphatic carbocycles. The molecule has 0 heterocycles.